The van der Waals surface area contributed by atoms with Crippen LogP contribution in [0.5, 0.6) is 11.8 Å². The number of rotatable bonds is 4. The van der Waals surface area contributed by atoms with Crippen LogP contribution in [0.1, 0.15) is 13.8 Å². The van der Waals surface area contributed by atoms with E-state index in [1.165, 1.54) is 0 Å². The van der Waals surface area contributed by atoms with E-state index in [1.54, 1.807) is 0 Å². The molecule has 0 atom stereocenters. The minimum atomic E-state index is 0.425. The van der Waals surface area contributed by atoms with E-state index in [4.69, 9.17) is 10.5 Å². The van der Waals surface area contributed by atoms with Crippen molar-refractivity contribution in [2.45, 2.75) is 20.4 Å². The molecule has 0 saturated carbocycles. The van der Waals surface area contributed by atoms with Gasteiger partial charge in [0.15, 0.2) is 5.82 Å². The summed E-state index contributed by atoms with van der Waals surface area (Å²) in [7, 11) is 0. The molecule has 4 rings (SSSR count). The lowest BCUT2D eigenvalue weighted by Gasteiger charge is -2.13. The number of nitrogens with zero attached hydrogens (tertiary/aromatic N) is 3. The van der Waals surface area contributed by atoms with E-state index < -0.39 is 0 Å². The molecule has 2 heterocycles. The van der Waals surface area contributed by atoms with Gasteiger partial charge >= 0.3 is 6.01 Å². The van der Waals surface area contributed by atoms with Crippen molar-refractivity contribution in [2.24, 2.45) is 5.92 Å². The zero-order valence-electron chi connectivity index (χ0n) is 14.3. The molecule has 25 heavy (non-hydrogen) atoms. The minimum Gasteiger partial charge on any atom is -0.425 e. The van der Waals surface area contributed by atoms with Crippen LogP contribution in [0.4, 0.5) is 5.82 Å². The predicted octanol–water partition coefficient (Wildman–Crippen LogP) is 4.62. The average Bonchev–Trinajstić information content (AvgIpc) is 2.95. The summed E-state index contributed by atoms with van der Waals surface area (Å²) >= 11 is 0. The van der Waals surface area contributed by atoms with Gasteiger partial charge in [0, 0.05) is 11.9 Å². The zero-order chi connectivity index (χ0) is 17.4. The number of imidazole rings is 1. The van der Waals surface area contributed by atoms with E-state index >= 15 is 0 Å². The summed E-state index contributed by atoms with van der Waals surface area (Å²) in [5.74, 6) is 1.61. The van der Waals surface area contributed by atoms with E-state index in [2.05, 4.69) is 34.4 Å². The first-order valence-electron chi connectivity index (χ1n) is 8.41. The number of benzene rings is 2. The quantitative estimate of drug-likeness (QED) is 0.592. The van der Waals surface area contributed by atoms with Gasteiger partial charge in [0.25, 0.3) is 0 Å². The number of nitrogen functional groups attached to an aromatic ring is 1. The number of para-hydroxylation sites is 2. The highest BCUT2D eigenvalue weighted by atomic mass is 16.5. The molecule has 0 saturated heterocycles. The first-order chi connectivity index (χ1) is 12.1. The topological polar surface area (TPSA) is 66.0 Å². The number of hydrogen-bond donors (Lipinski definition) is 1. The van der Waals surface area contributed by atoms with Gasteiger partial charge in [-0.3, -0.25) is 4.57 Å². The van der Waals surface area contributed by atoms with E-state index in [0.29, 0.717) is 23.3 Å². The van der Waals surface area contributed by atoms with Crippen LogP contribution < -0.4 is 10.5 Å². The second-order valence-corrected chi connectivity index (χ2v) is 6.53. The molecule has 0 aliphatic rings. The molecule has 0 bridgehead atoms. The number of fused-ring (bicyclic) bond motifs is 3. The Balaban J connectivity index is 1.99. The van der Waals surface area contributed by atoms with E-state index in [9.17, 15) is 0 Å². The van der Waals surface area contributed by atoms with Crippen LogP contribution in [0.25, 0.3) is 21.9 Å². The summed E-state index contributed by atoms with van der Waals surface area (Å²) in [6.45, 7) is 5.13. The summed E-state index contributed by atoms with van der Waals surface area (Å²) in [6.07, 6.45) is 0. The molecule has 0 aliphatic heterocycles. The highest BCUT2D eigenvalue weighted by Crippen LogP contribution is 2.33. The molecule has 0 radical (unpaired) electrons. The van der Waals surface area contributed by atoms with E-state index in [-0.39, 0.29) is 0 Å². The van der Waals surface area contributed by atoms with Crippen molar-refractivity contribution in [2.75, 3.05) is 5.73 Å². The Morgan fingerprint density at radius 1 is 1.00 bits per heavy atom. The normalized spacial score (nSPS) is 11.5. The molecule has 0 fully saturated rings. The lowest BCUT2D eigenvalue weighted by molar-refractivity contribution is 0.396. The Morgan fingerprint density at radius 3 is 2.48 bits per heavy atom. The van der Waals surface area contributed by atoms with Crippen molar-refractivity contribution in [3.05, 3.63) is 54.6 Å². The third kappa shape index (κ3) is 2.78. The van der Waals surface area contributed by atoms with Crippen LogP contribution in [0.3, 0.4) is 0 Å². The maximum absolute atomic E-state index is 6.19. The van der Waals surface area contributed by atoms with Gasteiger partial charge in [-0.2, -0.15) is 4.98 Å². The maximum atomic E-state index is 6.19. The first-order valence-corrected chi connectivity index (χ1v) is 8.41. The fourth-order valence-corrected chi connectivity index (χ4v) is 3.04. The van der Waals surface area contributed by atoms with Gasteiger partial charge in [-0.15, -0.1) is 0 Å². The molecule has 4 aromatic rings. The van der Waals surface area contributed by atoms with Crippen LogP contribution >= 0.6 is 0 Å². The lowest BCUT2D eigenvalue weighted by Crippen LogP contribution is -2.06. The Morgan fingerprint density at radius 2 is 1.72 bits per heavy atom. The van der Waals surface area contributed by atoms with Crippen LogP contribution in [-0.2, 0) is 6.54 Å². The summed E-state index contributed by atoms with van der Waals surface area (Å²) in [5.41, 5.74) is 8.71. The molecule has 2 aromatic carbocycles. The van der Waals surface area contributed by atoms with Gasteiger partial charge in [-0.05, 0) is 24.1 Å². The Labute approximate surface area is 146 Å². The number of ether oxygens (including phenoxy) is 1. The molecule has 5 heteroatoms. The lowest BCUT2D eigenvalue weighted by atomic mass is 10.1. The van der Waals surface area contributed by atoms with Crippen LogP contribution in [-0.4, -0.2) is 14.5 Å². The summed E-state index contributed by atoms with van der Waals surface area (Å²) in [5, 5.41) is 1.03. The fraction of sp³-hybridized carbons (Fsp3) is 0.200. The summed E-state index contributed by atoms with van der Waals surface area (Å²) < 4.78 is 8.17. The van der Waals surface area contributed by atoms with Gasteiger partial charge in [0.05, 0.1) is 11.0 Å². The van der Waals surface area contributed by atoms with Crippen molar-refractivity contribution in [3.63, 3.8) is 0 Å². The van der Waals surface area contributed by atoms with Gasteiger partial charge in [0.1, 0.15) is 11.3 Å². The van der Waals surface area contributed by atoms with E-state index in [1.807, 2.05) is 48.5 Å². The predicted molar refractivity (Wildman–Crippen MR) is 101 cm³/mol. The van der Waals surface area contributed by atoms with E-state index in [0.717, 1.165) is 28.7 Å². The van der Waals surface area contributed by atoms with Gasteiger partial charge < -0.3 is 10.5 Å². The fourth-order valence-electron chi connectivity index (χ4n) is 3.04. The van der Waals surface area contributed by atoms with Crippen molar-refractivity contribution in [1.29, 1.82) is 0 Å². The molecule has 5 nitrogen and oxygen atoms in total. The number of anilines is 1. The largest absolute Gasteiger partial charge is 0.425 e. The van der Waals surface area contributed by atoms with Gasteiger partial charge in [0.2, 0.25) is 0 Å². The minimum absolute atomic E-state index is 0.425. The molecular formula is C20H20N4O. The number of pyridine rings is 1. The van der Waals surface area contributed by atoms with Gasteiger partial charge in [-0.25, -0.2) is 4.98 Å². The highest BCUT2D eigenvalue weighted by Gasteiger charge is 2.19. The molecule has 2 N–H and O–H groups in total. The number of hydrogen-bond acceptors (Lipinski definition) is 4. The molecule has 126 valence electrons. The zero-order valence-corrected chi connectivity index (χ0v) is 14.3. The molecular weight excluding hydrogens is 312 g/mol. The third-order valence-electron chi connectivity index (χ3n) is 4.08. The standard InChI is InChI=1S/C20H20N4O/c1-13(2)12-24-18-15-10-6-7-11-16(15)22-19(21)17(18)23-20(24)25-14-8-4-3-5-9-14/h3-11,13H,12H2,1-2H3,(H2,21,22). The van der Waals surface area contributed by atoms with Crippen molar-refractivity contribution in [1.82, 2.24) is 14.5 Å². The smallest absolute Gasteiger partial charge is 0.303 e. The van der Waals surface area contributed by atoms with Gasteiger partial charge in [-0.1, -0.05) is 50.2 Å². The number of nitrogens with two attached hydrogens (primary N) is 1. The highest BCUT2D eigenvalue weighted by molar-refractivity contribution is 6.06. The maximum Gasteiger partial charge on any atom is 0.303 e. The van der Waals surface area contributed by atoms with Crippen molar-refractivity contribution in [3.8, 4) is 11.8 Å². The summed E-state index contributed by atoms with van der Waals surface area (Å²) in [4.78, 5) is 9.15. The monoisotopic (exact) mass is 332 g/mol. The molecule has 0 unspecified atom stereocenters. The van der Waals surface area contributed by atoms with Crippen molar-refractivity contribution >= 4 is 27.8 Å². The Bertz CT molecular complexity index is 1040. The third-order valence-corrected chi connectivity index (χ3v) is 4.08. The Kier molecular flexibility index (Phi) is 3.76. The van der Waals surface area contributed by atoms with Crippen LogP contribution in [0, 0.1) is 5.92 Å². The first kappa shape index (κ1) is 15.4. The van der Waals surface area contributed by atoms with Crippen LogP contribution in [0.15, 0.2) is 54.6 Å². The second kappa shape index (κ2) is 6.09. The molecule has 0 aliphatic carbocycles. The van der Waals surface area contributed by atoms with Crippen LogP contribution in [0.2, 0.25) is 0 Å². The number of aromatic nitrogens is 3. The molecule has 2 aromatic heterocycles. The summed E-state index contributed by atoms with van der Waals surface area (Å²) in [6, 6.07) is 18.2. The molecule has 0 amide bonds. The second-order valence-electron chi connectivity index (χ2n) is 6.53. The van der Waals surface area contributed by atoms with Crippen molar-refractivity contribution < 1.29 is 4.74 Å². The average molecular weight is 332 g/mol. The Hall–Kier alpha value is -3.08. The molecule has 0 spiro atoms. The SMILES string of the molecule is CC(C)Cn1c(Oc2ccccc2)nc2c(N)nc3ccccc3c21.